The van der Waals surface area contributed by atoms with Crippen LogP contribution in [0.5, 0.6) is 5.88 Å². The third-order valence-corrected chi connectivity index (χ3v) is 2.62. The molecule has 1 heterocycles. The lowest BCUT2D eigenvalue weighted by Crippen LogP contribution is -2.09. The van der Waals surface area contributed by atoms with Crippen molar-refractivity contribution in [1.82, 2.24) is 9.97 Å². The van der Waals surface area contributed by atoms with Crippen molar-refractivity contribution in [1.29, 1.82) is 0 Å². The monoisotopic (exact) mass is 262 g/mol. The molecule has 2 aromatic rings. The molecule has 1 aromatic heterocycles. The van der Waals surface area contributed by atoms with Crippen molar-refractivity contribution >= 4 is 11.5 Å². The van der Waals surface area contributed by atoms with Gasteiger partial charge in [-0.05, 0) is 13.0 Å². The lowest BCUT2D eigenvalue weighted by molar-refractivity contribution is 0.398. The summed E-state index contributed by atoms with van der Waals surface area (Å²) in [6, 6.07) is 6.52. The fourth-order valence-corrected chi connectivity index (χ4v) is 1.67. The standard InChI is InChI=1S/C13H15FN4O/c1-8-17-12(11(15)13(18-8)19-2)16-7-9-5-3-4-6-10(9)14/h3-6H,7,15H2,1-2H3,(H,16,17,18). The zero-order valence-electron chi connectivity index (χ0n) is 10.8. The van der Waals surface area contributed by atoms with Crippen molar-refractivity contribution in [3.8, 4) is 5.88 Å². The molecule has 0 fully saturated rings. The summed E-state index contributed by atoms with van der Waals surface area (Å²) in [6.45, 7) is 2.02. The summed E-state index contributed by atoms with van der Waals surface area (Å²) in [5.41, 5.74) is 6.71. The number of nitrogens with one attached hydrogen (secondary N) is 1. The Morgan fingerprint density at radius 2 is 2.05 bits per heavy atom. The molecule has 1 aromatic carbocycles. The molecular weight excluding hydrogens is 247 g/mol. The number of hydrogen-bond acceptors (Lipinski definition) is 5. The second-order valence-electron chi connectivity index (χ2n) is 3.99. The molecule has 0 unspecified atom stereocenters. The minimum absolute atomic E-state index is 0.272. The number of halogens is 1. The van der Waals surface area contributed by atoms with Crippen LogP contribution in [-0.4, -0.2) is 17.1 Å². The number of ether oxygens (including phenoxy) is 1. The first kappa shape index (κ1) is 13.1. The molecular formula is C13H15FN4O. The highest BCUT2D eigenvalue weighted by Crippen LogP contribution is 2.25. The SMILES string of the molecule is COc1nc(C)nc(NCc2ccccc2F)c1N. The number of benzene rings is 1. The lowest BCUT2D eigenvalue weighted by atomic mass is 10.2. The first-order chi connectivity index (χ1) is 9.11. The molecule has 0 aliphatic rings. The van der Waals surface area contributed by atoms with Crippen molar-refractivity contribution < 1.29 is 9.13 Å². The predicted octanol–water partition coefficient (Wildman–Crippen LogP) is 2.13. The largest absolute Gasteiger partial charge is 0.479 e. The topological polar surface area (TPSA) is 73.1 Å². The molecule has 0 bridgehead atoms. The van der Waals surface area contributed by atoms with E-state index in [1.165, 1.54) is 13.2 Å². The molecule has 0 aliphatic carbocycles. The van der Waals surface area contributed by atoms with E-state index >= 15 is 0 Å². The molecule has 0 spiro atoms. The Kier molecular flexibility index (Phi) is 3.79. The molecule has 19 heavy (non-hydrogen) atoms. The minimum atomic E-state index is -0.272. The smallest absolute Gasteiger partial charge is 0.242 e. The van der Waals surface area contributed by atoms with Crippen molar-refractivity contribution in [2.75, 3.05) is 18.2 Å². The Balaban J connectivity index is 2.20. The third-order valence-electron chi connectivity index (χ3n) is 2.62. The second kappa shape index (κ2) is 5.51. The van der Waals surface area contributed by atoms with E-state index in [1.54, 1.807) is 25.1 Å². The van der Waals surface area contributed by atoms with Gasteiger partial charge in [0.2, 0.25) is 5.88 Å². The molecule has 0 saturated carbocycles. The van der Waals surface area contributed by atoms with E-state index in [9.17, 15) is 4.39 Å². The van der Waals surface area contributed by atoms with E-state index in [1.807, 2.05) is 0 Å². The number of aryl methyl sites for hydroxylation is 1. The maximum absolute atomic E-state index is 13.5. The Bertz CT molecular complexity index is 589. The quantitative estimate of drug-likeness (QED) is 0.883. The third kappa shape index (κ3) is 2.90. The van der Waals surface area contributed by atoms with Crippen molar-refractivity contribution in [3.05, 3.63) is 41.5 Å². The number of aromatic nitrogens is 2. The number of anilines is 2. The van der Waals surface area contributed by atoms with Gasteiger partial charge in [0.05, 0.1) is 7.11 Å². The molecule has 6 heteroatoms. The second-order valence-corrected chi connectivity index (χ2v) is 3.99. The van der Waals surface area contributed by atoms with Crippen LogP contribution in [0.2, 0.25) is 0 Å². The van der Waals surface area contributed by atoms with E-state index in [-0.39, 0.29) is 12.4 Å². The molecule has 0 saturated heterocycles. The molecule has 2 rings (SSSR count). The van der Waals surface area contributed by atoms with Crippen LogP contribution in [0.25, 0.3) is 0 Å². The number of nitrogen functional groups attached to an aromatic ring is 1. The lowest BCUT2D eigenvalue weighted by Gasteiger charge is -2.12. The van der Waals surface area contributed by atoms with Crippen LogP contribution in [0.3, 0.4) is 0 Å². The van der Waals surface area contributed by atoms with Gasteiger partial charge in [0.25, 0.3) is 0 Å². The van der Waals surface area contributed by atoms with Crippen molar-refractivity contribution in [2.45, 2.75) is 13.5 Å². The highest BCUT2D eigenvalue weighted by Gasteiger charge is 2.10. The number of nitrogens with zero attached hydrogens (tertiary/aromatic N) is 2. The summed E-state index contributed by atoms with van der Waals surface area (Å²) < 4.78 is 18.5. The highest BCUT2D eigenvalue weighted by atomic mass is 19.1. The maximum Gasteiger partial charge on any atom is 0.242 e. The van der Waals surface area contributed by atoms with Gasteiger partial charge in [-0.15, -0.1) is 0 Å². The van der Waals surface area contributed by atoms with Crippen LogP contribution < -0.4 is 15.8 Å². The van der Waals surface area contributed by atoms with E-state index in [0.29, 0.717) is 28.8 Å². The molecule has 0 atom stereocenters. The summed E-state index contributed by atoms with van der Waals surface area (Å²) in [6.07, 6.45) is 0. The molecule has 3 N–H and O–H groups in total. The molecule has 0 amide bonds. The van der Waals surface area contributed by atoms with Crippen LogP contribution in [0.15, 0.2) is 24.3 Å². The van der Waals surface area contributed by atoms with Gasteiger partial charge in [-0.25, -0.2) is 9.37 Å². The Hall–Kier alpha value is -2.37. The fourth-order valence-electron chi connectivity index (χ4n) is 1.67. The van der Waals surface area contributed by atoms with Gasteiger partial charge in [-0.2, -0.15) is 4.98 Å². The Morgan fingerprint density at radius 1 is 1.32 bits per heavy atom. The van der Waals surface area contributed by atoms with Crippen molar-refractivity contribution in [3.63, 3.8) is 0 Å². The van der Waals surface area contributed by atoms with E-state index < -0.39 is 0 Å². The van der Waals surface area contributed by atoms with Gasteiger partial charge < -0.3 is 15.8 Å². The van der Waals surface area contributed by atoms with Crippen LogP contribution in [0, 0.1) is 12.7 Å². The first-order valence-electron chi connectivity index (χ1n) is 5.77. The zero-order chi connectivity index (χ0) is 13.8. The highest BCUT2D eigenvalue weighted by molar-refractivity contribution is 5.66. The van der Waals surface area contributed by atoms with E-state index in [2.05, 4.69) is 15.3 Å². The summed E-state index contributed by atoms with van der Waals surface area (Å²) in [5.74, 6) is 1.00. The molecule has 5 nitrogen and oxygen atoms in total. The van der Waals surface area contributed by atoms with Gasteiger partial charge in [-0.3, -0.25) is 0 Å². The van der Waals surface area contributed by atoms with Crippen LogP contribution in [0.1, 0.15) is 11.4 Å². The van der Waals surface area contributed by atoms with Gasteiger partial charge >= 0.3 is 0 Å². The average Bonchev–Trinajstić information content (AvgIpc) is 2.41. The molecule has 0 aliphatic heterocycles. The van der Waals surface area contributed by atoms with E-state index in [4.69, 9.17) is 10.5 Å². The molecule has 0 radical (unpaired) electrons. The van der Waals surface area contributed by atoms with Crippen LogP contribution in [-0.2, 0) is 6.54 Å². The number of methoxy groups -OCH3 is 1. The Labute approximate surface area is 110 Å². The van der Waals surface area contributed by atoms with Gasteiger partial charge in [0.1, 0.15) is 17.3 Å². The van der Waals surface area contributed by atoms with Crippen LogP contribution >= 0.6 is 0 Å². The average molecular weight is 262 g/mol. The van der Waals surface area contributed by atoms with Gasteiger partial charge in [0, 0.05) is 12.1 Å². The summed E-state index contributed by atoms with van der Waals surface area (Å²) in [5, 5.41) is 2.99. The van der Waals surface area contributed by atoms with Crippen LogP contribution in [0.4, 0.5) is 15.9 Å². The maximum atomic E-state index is 13.5. The predicted molar refractivity (Wildman–Crippen MR) is 71.5 cm³/mol. The van der Waals surface area contributed by atoms with Crippen molar-refractivity contribution in [2.24, 2.45) is 0 Å². The number of rotatable bonds is 4. The summed E-state index contributed by atoms with van der Waals surface area (Å²) in [7, 11) is 1.48. The van der Waals surface area contributed by atoms with Gasteiger partial charge in [0.15, 0.2) is 5.82 Å². The number of nitrogens with two attached hydrogens (primary N) is 1. The number of hydrogen-bond donors (Lipinski definition) is 2. The van der Waals surface area contributed by atoms with E-state index in [0.717, 1.165) is 0 Å². The fraction of sp³-hybridized carbons (Fsp3) is 0.231. The summed E-state index contributed by atoms with van der Waals surface area (Å²) >= 11 is 0. The molecule has 100 valence electrons. The zero-order valence-corrected chi connectivity index (χ0v) is 10.8. The first-order valence-corrected chi connectivity index (χ1v) is 5.77. The van der Waals surface area contributed by atoms with Gasteiger partial charge in [-0.1, -0.05) is 18.2 Å². The normalized spacial score (nSPS) is 10.3. The summed E-state index contributed by atoms with van der Waals surface area (Å²) in [4.78, 5) is 8.23. The minimum Gasteiger partial charge on any atom is -0.479 e. The Morgan fingerprint density at radius 3 is 2.74 bits per heavy atom.